The highest BCUT2D eigenvalue weighted by atomic mass is 19.4. The summed E-state index contributed by atoms with van der Waals surface area (Å²) in [7, 11) is 0. The number of benzene rings is 1. The summed E-state index contributed by atoms with van der Waals surface area (Å²) < 4.78 is 44.6. The maximum atomic E-state index is 12.1. The van der Waals surface area contributed by atoms with Gasteiger partial charge in [0.2, 0.25) is 0 Å². The average molecular weight is 302 g/mol. The lowest BCUT2D eigenvalue weighted by atomic mass is 10.1. The highest BCUT2D eigenvalue weighted by molar-refractivity contribution is 5.90. The van der Waals surface area contributed by atoms with Crippen LogP contribution in [0, 0.1) is 11.8 Å². The fraction of sp³-hybridized carbons (Fsp3) is 0.231. The van der Waals surface area contributed by atoms with Crippen molar-refractivity contribution in [2.75, 3.05) is 6.61 Å². The van der Waals surface area contributed by atoms with Gasteiger partial charge in [0, 0.05) is 11.5 Å². The fourth-order valence-electron chi connectivity index (χ4n) is 1.28. The molecule has 8 heteroatoms. The van der Waals surface area contributed by atoms with Crippen LogP contribution >= 0.6 is 0 Å². The van der Waals surface area contributed by atoms with Crippen LogP contribution in [0.15, 0.2) is 18.2 Å². The van der Waals surface area contributed by atoms with Crippen molar-refractivity contribution in [3.63, 3.8) is 0 Å². The minimum absolute atomic E-state index is 0.0884. The zero-order valence-electron chi connectivity index (χ0n) is 10.7. The predicted molar refractivity (Wildman–Crippen MR) is 63.6 cm³/mol. The molecule has 21 heavy (non-hydrogen) atoms. The summed E-state index contributed by atoms with van der Waals surface area (Å²) in [4.78, 5) is 21.9. The van der Waals surface area contributed by atoms with Gasteiger partial charge < -0.3 is 14.6 Å². The highest BCUT2D eigenvalue weighted by Crippen LogP contribution is 2.25. The van der Waals surface area contributed by atoms with E-state index in [1.807, 2.05) is 5.92 Å². The molecule has 0 saturated carbocycles. The number of hydrogen-bond donors (Lipinski definition) is 1. The second-order valence-electron chi connectivity index (χ2n) is 3.57. The standard InChI is InChI=1S/C13H9F3O5/c1-2-20-11(17)4-3-8-5-9(12(18)19)7-10(6-8)21-13(14,15)16/h5-7H,2H2,1H3,(H,18,19). The van der Waals surface area contributed by atoms with Crippen LogP contribution in [0.3, 0.4) is 0 Å². The quantitative estimate of drug-likeness (QED) is 0.684. The van der Waals surface area contributed by atoms with E-state index in [1.165, 1.54) is 0 Å². The van der Waals surface area contributed by atoms with Crippen molar-refractivity contribution in [1.82, 2.24) is 0 Å². The zero-order valence-corrected chi connectivity index (χ0v) is 10.7. The molecule has 0 atom stereocenters. The van der Waals surface area contributed by atoms with Gasteiger partial charge in [0.15, 0.2) is 0 Å². The molecule has 1 rings (SSSR count). The second kappa shape index (κ2) is 6.65. The highest BCUT2D eigenvalue weighted by Gasteiger charge is 2.31. The lowest BCUT2D eigenvalue weighted by molar-refractivity contribution is -0.274. The summed E-state index contributed by atoms with van der Waals surface area (Å²) >= 11 is 0. The van der Waals surface area contributed by atoms with Crippen LogP contribution in [0.4, 0.5) is 13.2 Å². The van der Waals surface area contributed by atoms with E-state index in [0.29, 0.717) is 6.07 Å². The predicted octanol–water partition coefficient (Wildman–Crippen LogP) is 2.20. The monoisotopic (exact) mass is 302 g/mol. The summed E-state index contributed by atoms with van der Waals surface area (Å²) in [5, 5.41) is 8.82. The van der Waals surface area contributed by atoms with Gasteiger partial charge in [0.1, 0.15) is 5.75 Å². The third kappa shape index (κ3) is 5.86. The number of alkyl halides is 3. The molecule has 0 aliphatic heterocycles. The van der Waals surface area contributed by atoms with E-state index in [2.05, 4.69) is 15.4 Å². The number of ether oxygens (including phenoxy) is 2. The molecule has 1 aromatic rings. The van der Waals surface area contributed by atoms with Crippen molar-refractivity contribution in [1.29, 1.82) is 0 Å². The van der Waals surface area contributed by atoms with Crippen molar-refractivity contribution in [2.24, 2.45) is 0 Å². The first-order valence-electron chi connectivity index (χ1n) is 5.54. The molecular formula is C13H9F3O5. The van der Waals surface area contributed by atoms with E-state index in [4.69, 9.17) is 5.11 Å². The summed E-state index contributed by atoms with van der Waals surface area (Å²) in [6.07, 6.45) is -4.97. The van der Waals surface area contributed by atoms with Gasteiger partial charge >= 0.3 is 18.3 Å². The lowest BCUT2D eigenvalue weighted by Gasteiger charge is -2.09. The molecular weight excluding hydrogens is 293 g/mol. The Morgan fingerprint density at radius 1 is 1.29 bits per heavy atom. The summed E-state index contributed by atoms with van der Waals surface area (Å²) in [6, 6.07) is 2.58. The molecule has 0 unspecified atom stereocenters. The third-order valence-electron chi connectivity index (χ3n) is 1.97. The van der Waals surface area contributed by atoms with Gasteiger partial charge in [-0.1, -0.05) is 5.92 Å². The Morgan fingerprint density at radius 2 is 1.95 bits per heavy atom. The minimum atomic E-state index is -4.97. The fourth-order valence-corrected chi connectivity index (χ4v) is 1.28. The van der Waals surface area contributed by atoms with Crippen molar-refractivity contribution in [3.05, 3.63) is 29.3 Å². The molecule has 0 amide bonds. The van der Waals surface area contributed by atoms with Crippen molar-refractivity contribution in [3.8, 4) is 17.6 Å². The summed E-state index contributed by atoms with van der Waals surface area (Å²) in [5.41, 5.74) is -0.577. The van der Waals surface area contributed by atoms with Crippen LogP contribution < -0.4 is 4.74 Å². The minimum Gasteiger partial charge on any atom is -0.478 e. The number of carbonyl (C=O) groups excluding carboxylic acids is 1. The van der Waals surface area contributed by atoms with Crippen molar-refractivity contribution >= 4 is 11.9 Å². The lowest BCUT2D eigenvalue weighted by Crippen LogP contribution is -2.17. The van der Waals surface area contributed by atoms with Crippen LogP contribution in [-0.4, -0.2) is 30.0 Å². The molecule has 1 N–H and O–H groups in total. The number of esters is 1. The van der Waals surface area contributed by atoms with Crippen LogP contribution in [0.25, 0.3) is 0 Å². The number of aromatic carboxylic acids is 1. The first kappa shape index (κ1) is 16.4. The normalized spacial score (nSPS) is 10.3. The SMILES string of the molecule is CCOC(=O)C#Cc1cc(OC(F)(F)F)cc(C(=O)O)c1. The molecule has 1 aromatic carbocycles. The smallest absolute Gasteiger partial charge is 0.478 e. The molecule has 112 valence electrons. The van der Waals surface area contributed by atoms with Gasteiger partial charge in [-0.2, -0.15) is 0 Å². The first-order chi connectivity index (χ1) is 9.71. The van der Waals surface area contributed by atoms with Crippen LogP contribution in [0.1, 0.15) is 22.8 Å². The van der Waals surface area contributed by atoms with Gasteiger partial charge in [-0.05, 0) is 25.1 Å². The van der Waals surface area contributed by atoms with Gasteiger partial charge in [-0.15, -0.1) is 13.2 Å². The van der Waals surface area contributed by atoms with E-state index in [-0.39, 0.29) is 12.2 Å². The van der Waals surface area contributed by atoms with Gasteiger partial charge in [0.25, 0.3) is 0 Å². The Hall–Kier alpha value is -2.69. The molecule has 0 fully saturated rings. The molecule has 5 nitrogen and oxygen atoms in total. The Kier molecular flexibility index (Phi) is 5.18. The molecule has 0 saturated heterocycles. The average Bonchev–Trinajstić information content (AvgIpc) is 2.34. The molecule has 0 bridgehead atoms. The number of hydrogen-bond acceptors (Lipinski definition) is 4. The van der Waals surface area contributed by atoms with E-state index < -0.39 is 29.6 Å². The van der Waals surface area contributed by atoms with E-state index in [0.717, 1.165) is 12.1 Å². The van der Waals surface area contributed by atoms with E-state index in [9.17, 15) is 22.8 Å². The number of carboxylic acids is 1. The summed E-state index contributed by atoms with van der Waals surface area (Å²) in [5.74, 6) is 1.16. The van der Waals surface area contributed by atoms with Crippen molar-refractivity contribution < 1.29 is 37.3 Å². The Labute approximate surface area is 117 Å². The molecule has 0 heterocycles. The maximum absolute atomic E-state index is 12.1. The van der Waals surface area contributed by atoms with Crippen molar-refractivity contribution in [2.45, 2.75) is 13.3 Å². The first-order valence-corrected chi connectivity index (χ1v) is 5.54. The van der Waals surface area contributed by atoms with Crippen LogP contribution in [-0.2, 0) is 9.53 Å². The Morgan fingerprint density at radius 3 is 2.48 bits per heavy atom. The molecule has 0 radical (unpaired) electrons. The van der Waals surface area contributed by atoms with Gasteiger partial charge in [-0.25, -0.2) is 9.59 Å². The maximum Gasteiger partial charge on any atom is 0.573 e. The number of carbonyl (C=O) groups is 2. The number of carboxylic acid groups (broad SMARTS) is 1. The number of rotatable bonds is 3. The molecule has 0 aliphatic rings. The summed E-state index contributed by atoms with van der Waals surface area (Å²) in [6.45, 7) is 1.64. The largest absolute Gasteiger partial charge is 0.573 e. The van der Waals surface area contributed by atoms with Gasteiger partial charge in [-0.3, -0.25) is 0 Å². The topological polar surface area (TPSA) is 72.8 Å². The molecule has 0 aromatic heterocycles. The second-order valence-corrected chi connectivity index (χ2v) is 3.57. The van der Waals surface area contributed by atoms with Crippen LogP contribution in [0.5, 0.6) is 5.75 Å². The zero-order chi connectivity index (χ0) is 16.0. The molecule has 0 aliphatic carbocycles. The number of halogens is 3. The molecule has 0 spiro atoms. The van der Waals surface area contributed by atoms with E-state index >= 15 is 0 Å². The Bertz CT molecular complexity index is 610. The van der Waals surface area contributed by atoms with E-state index in [1.54, 1.807) is 6.92 Å². The Balaban J connectivity index is 3.14. The van der Waals surface area contributed by atoms with Gasteiger partial charge in [0.05, 0.1) is 12.2 Å². The third-order valence-corrected chi connectivity index (χ3v) is 1.97. The van der Waals surface area contributed by atoms with Crippen LogP contribution in [0.2, 0.25) is 0 Å².